The molecule has 0 bridgehead atoms. The molecule has 1 saturated heterocycles. The van der Waals surface area contributed by atoms with Gasteiger partial charge < -0.3 is 25.2 Å². The maximum Gasteiger partial charge on any atom is 0.404 e. The third kappa shape index (κ3) is 5.54. The number of hydrogen-bond acceptors (Lipinski definition) is 5. The zero-order chi connectivity index (χ0) is 22.5. The van der Waals surface area contributed by atoms with Crippen LogP contribution in [-0.2, 0) is 11.2 Å². The zero-order valence-corrected chi connectivity index (χ0v) is 19.1. The van der Waals surface area contributed by atoms with E-state index in [0.717, 1.165) is 24.9 Å². The molecule has 2 aliphatic rings. The van der Waals surface area contributed by atoms with Crippen LogP contribution in [0.3, 0.4) is 0 Å². The first-order valence-corrected chi connectivity index (χ1v) is 11.2. The summed E-state index contributed by atoms with van der Waals surface area (Å²) in [5, 5.41) is 15.1. The number of ether oxygens (including phenoxy) is 2. The molecule has 0 saturated carbocycles. The molecule has 0 aromatic heterocycles. The number of alkyl halides is 1. The van der Waals surface area contributed by atoms with Gasteiger partial charge in [0.05, 0.1) is 26.3 Å². The highest BCUT2D eigenvalue weighted by Gasteiger charge is 2.40. The Morgan fingerprint density at radius 3 is 2.58 bits per heavy atom. The molecule has 4 unspecified atom stereocenters. The third-order valence-corrected chi connectivity index (χ3v) is 6.52. The number of nitrogens with one attached hydrogen (secondary N) is 2. The van der Waals surface area contributed by atoms with Crippen LogP contribution in [0.5, 0.6) is 11.5 Å². The Labute approximate surface area is 188 Å². The van der Waals surface area contributed by atoms with Gasteiger partial charge in [0.15, 0.2) is 11.5 Å². The first kappa shape index (κ1) is 23.5. The number of nitrogens with zero attached hydrogens (tertiary/aromatic N) is 1. The molecule has 172 valence electrons. The summed E-state index contributed by atoms with van der Waals surface area (Å²) in [6.45, 7) is 3.41. The molecule has 0 spiro atoms. The standard InChI is InChI=1S/C22H32ClN3O5/c1-13(4-6-23)8-21(27)24-17-12-26-7-5-14-9-19(30-2)20(31-3)10-15(14)18(26)11-16(17)25-22(28)29/h9-10,13,16-18,25H,4-8,11-12H2,1-3H3,(H,24,27)(H,28,29). The van der Waals surface area contributed by atoms with Crippen LogP contribution in [0.15, 0.2) is 12.1 Å². The molecule has 2 heterocycles. The maximum absolute atomic E-state index is 12.6. The van der Waals surface area contributed by atoms with Crippen molar-refractivity contribution in [1.29, 1.82) is 0 Å². The molecule has 1 aromatic carbocycles. The zero-order valence-electron chi connectivity index (χ0n) is 18.3. The first-order chi connectivity index (χ1) is 14.9. The van der Waals surface area contributed by atoms with E-state index in [-0.39, 0.29) is 30.0 Å². The summed E-state index contributed by atoms with van der Waals surface area (Å²) < 4.78 is 10.9. The lowest BCUT2D eigenvalue weighted by molar-refractivity contribution is -0.123. The first-order valence-electron chi connectivity index (χ1n) is 10.7. The minimum atomic E-state index is -1.09. The second kappa shape index (κ2) is 10.4. The highest BCUT2D eigenvalue weighted by Crippen LogP contribution is 2.41. The highest BCUT2D eigenvalue weighted by molar-refractivity contribution is 6.17. The molecule has 3 rings (SSSR count). The Hall–Kier alpha value is -2.19. The molecular formula is C22H32ClN3O5. The molecule has 8 nitrogen and oxygen atoms in total. The van der Waals surface area contributed by atoms with Crippen molar-refractivity contribution in [3.8, 4) is 11.5 Å². The number of halogens is 1. The van der Waals surface area contributed by atoms with Gasteiger partial charge >= 0.3 is 6.09 Å². The van der Waals surface area contributed by atoms with Gasteiger partial charge in [-0.15, -0.1) is 11.6 Å². The average molecular weight is 454 g/mol. The number of fused-ring (bicyclic) bond motifs is 3. The second-order valence-corrected chi connectivity index (χ2v) is 8.80. The van der Waals surface area contributed by atoms with Gasteiger partial charge in [-0.3, -0.25) is 9.69 Å². The molecule has 1 aromatic rings. The molecule has 1 fully saturated rings. The smallest absolute Gasteiger partial charge is 0.404 e. The van der Waals surface area contributed by atoms with Crippen LogP contribution >= 0.6 is 11.6 Å². The fraction of sp³-hybridized carbons (Fsp3) is 0.636. The number of hydrogen-bond donors (Lipinski definition) is 3. The van der Waals surface area contributed by atoms with Crippen molar-refractivity contribution in [1.82, 2.24) is 15.5 Å². The number of amides is 2. The lowest BCUT2D eigenvalue weighted by Crippen LogP contribution is -2.62. The SMILES string of the molecule is COc1cc2c(cc1OC)C1CC(NC(=O)O)C(NC(=O)CC(C)CCCl)CN1CC2. The van der Waals surface area contributed by atoms with E-state index in [1.54, 1.807) is 14.2 Å². The molecule has 3 N–H and O–H groups in total. The Bertz CT molecular complexity index is 806. The van der Waals surface area contributed by atoms with Gasteiger partial charge in [0, 0.05) is 31.4 Å². The Balaban J connectivity index is 1.80. The fourth-order valence-corrected chi connectivity index (χ4v) is 5.07. The van der Waals surface area contributed by atoms with Crippen LogP contribution in [0.4, 0.5) is 4.79 Å². The summed E-state index contributed by atoms with van der Waals surface area (Å²) in [6, 6.07) is 3.38. The lowest BCUT2D eigenvalue weighted by Gasteiger charge is -2.47. The summed E-state index contributed by atoms with van der Waals surface area (Å²) in [7, 11) is 3.23. The maximum atomic E-state index is 12.6. The number of methoxy groups -OCH3 is 2. The Kier molecular flexibility index (Phi) is 7.89. The van der Waals surface area contributed by atoms with Crippen molar-refractivity contribution < 1.29 is 24.2 Å². The topological polar surface area (TPSA) is 100 Å². The molecule has 2 amide bonds. The van der Waals surface area contributed by atoms with Crippen molar-refractivity contribution in [3.05, 3.63) is 23.3 Å². The van der Waals surface area contributed by atoms with Gasteiger partial charge in [-0.2, -0.15) is 0 Å². The van der Waals surface area contributed by atoms with E-state index in [1.165, 1.54) is 5.56 Å². The van der Waals surface area contributed by atoms with Crippen molar-refractivity contribution in [2.24, 2.45) is 5.92 Å². The summed E-state index contributed by atoms with van der Waals surface area (Å²) in [6.07, 6.45) is 1.49. The van der Waals surface area contributed by atoms with Gasteiger partial charge in [-0.05, 0) is 48.4 Å². The molecule has 9 heteroatoms. The van der Waals surface area contributed by atoms with Crippen LogP contribution in [0, 0.1) is 5.92 Å². The van der Waals surface area contributed by atoms with Gasteiger partial charge in [0.25, 0.3) is 0 Å². The van der Waals surface area contributed by atoms with E-state index in [2.05, 4.69) is 15.5 Å². The quantitative estimate of drug-likeness (QED) is 0.523. The highest BCUT2D eigenvalue weighted by atomic mass is 35.5. The van der Waals surface area contributed by atoms with Crippen LogP contribution < -0.4 is 20.1 Å². The van der Waals surface area contributed by atoms with Gasteiger partial charge in [-0.25, -0.2) is 4.79 Å². The predicted octanol–water partition coefficient (Wildman–Crippen LogP) is 2.78. The van der Waals surface area contributed by atoms with Crippen molar-refractivity contribution in [2.45, 2.75) is 50.7 Å². The molecule has 31 heavy (non-hydrogen) atoms. The van der Waals surface area contributed by atoms with E-state index < -0.39 is 6.09 Å². The van der Waals surface area contributed by atoms with Gasteiger partial charge in [-0.1, -0.05) is 6.92 Å². The van der Waals surface area contributed by atoms with E-state index in [9.17, 15) is 14.7 Å². The summed E-state index contributed by atoms with van der Waals surface area (Å²) in [5.74, 6) is 1.99. The average Bonchev–Trinajstić information content (AvgIpc) is 2.72. The third-order valence-electron chi connectivity index (χ3n) is 6.30. The molecule has 4 atom stereocenters. The van der Waals surface area contributed by atoms with Crippen LogP contribution in [-0.4, -0.2) is 67.3 Å². The fourth-order valence-electron chi connectivity index (χ4n) is 4.69. The number of carbonyl (C=O) groups is 2. The molecule has 0 radical (unpaired) electrons. The van der Waals surface area contributed by atoms with E-state index in [0.29, 0.717) is 36.8 Å². The number of benzene rings is 1. The van der Waals surface area contributed by atoms with Crippen molar-refractivity contribution >= 4 is 23.6 Å². The summed E-state index contributed by atoms with van der Waals surface area (Å²) >= 11 is 5.78. The van der Waals surface area contributed by atoms with E-state index in [4.69, 9.17) is 21.1 Å². The van der Waals surface area contributed by atoms with Crippen LogP contribution in [0.25, 0.3) is 0 Å². The minimum Gasteiger partial charge on any atom is -0.493 e. The van der Waals surface area contributed by atoms with E-state index >= 15 is 0 Å². The number of rotatable bonds is 8. The largest absolute Gasteiger partial charge is 0.493 e. The monoisotopic (exact) mass is 453 g/mol. The normalized spacial score (nSPS) is 23.8. The Morgan fingerprint density at radius 2 is 1.94 bits per heavy atom. The molecule has 0 aliphatic carbocycles. The lowest BCUT2D eigenvalue weighted by atomic mass is 9.82. The number of carbonyl (C=O) groups excluding carboxylic acids is 1. The van der Waals surface area contributed by atoms with Crippen LogP contribution in [0.1, 0.15) is 43.4 Å². The molecular weight excluding hydrogens is 422 g/mol. The minimum absolute atomic E-state index is 0.0451. The summed E-state index contributed by atoms with van der Waals surface area (Å²) in [4.78, 5) is 26.3. The Morgan fingerprint density at radius 1 is 1.23 bits per heavy atom. The van der Waals surface area contributed by atoms with Crippen molar-refractivity contribution in [2.75, 3.05) is 33.2 Å². The predicted molar refractivity (Wildman–Crippen MR) is 118 cm³/mol. The van der Waals surface area contributed by atoms with E-state index in [1.807, 2.05) is 19.1 Å². The second-order valence-electron chi connectivity index (χ2n) is 8.42. The van der Waals surface area contributed by atoms with Crippen molar-refractivity contribution in [3.63, 3.8) is 0 Å². The molecule has 2 aliphatic heterocycles. The van der Waals surface area contributed by atoms with Gasteiger partial charge in [0.1, 0.15) is 0 Å². The summed E-state index contributed by atoms with van der Waals surface area (Å²) in [5.41, 5.74) is 2.31. The number of piperidine rings is 1. The van der Waals surface area contributed by atoms with Gasteiger partial charge in [0.2, 0.25) is 5.91 Å². The van der Waals surface area contributed by atoms with Crippen LogP contribution in [0.2, 0.25) is 0 Å². The number of carboxylic acid groups (broad SMARTS) is 1.